The van der Waals surface area contributed by atoms with Crippen LogP contribution in [0.2, 0.25) is 5.02 Å². The van der Waals surface area contributed by atoms with Gasteiger partial charge in [-0.15, -0.1) is 0 Å². The SMILES string of the molecule is CN1C(=O)CCCC(C(=O)O)C1c1cccc(Cl)c1F. The summed E-state index contributed by atoms with van der Waals surface area (Å²) >= 11 is 5.76. The second-order valence-electron chi connectivity index (χ2n) is 4.93. The Morgan fingerprint density at radius 1 is 1.50 bits per heavy atom. The highest BCUT2D eigenvalue weighted by molar-refractivity contribution is 6.30. The molecule has 0 aliphatic carbocycles. The monoisotopic (exact) mass is 299 g/mol. The van der Waals surface area contributed by atoms with E-state index in [1.165, 1.54) is 24.1 Å². The molecule has 1 fully saturated rings. The number of halogens is 2. The van der Waals surface area contributed by atoms with Crippen molar-refractivity contribution in [1.82, 2.24) is 4.90 Å². The average molecular weight is 300 g/mol. The number of carbonyl (C=O) groups excluding carboxylic acids is 1. The van der Waals surface area contributed by atoms with Gasteiger partial charge in [-0.05, 0) is 18.9 Å². The third kappa shape index (κ3) is 2.63. The Balaban J connectivity index is 2.53. The van der Waals surface area contributed by atoms with Crippen LogP contribution in [-0.4, -0.2) is 28.9 Å². The summed E-state index contributed by atoms with van der Waals surface area (Å²) in [6, 6.07) is 3.61. The zero-order valence-electron chi connectivity index (χ0n) is 11.0. The fourth-order valence-corrected chi connectivity index (χ4v) is 2.85. The van der Waals surface area contributed by atoms with Gasteiger partial charge >= 0.3 is 5.97 Å². The summed E-state index contributed by atoms with van der Waals surface area (Å²) in [5.74, 6) is -2.71. The number of rotatable bonds is 2. The molecule has 108 valence electrons. The van der Waals surface area contributed by atoms with Gasteiger partial charge in [-0.2, -0.15) is 0 Å². The molecule has 1 heterocycles. The highest BCUT2D eigenvalue weighted by Crippen LogP contribution is 2.37. The zero-order chi connectivity index (χ0) is 14.9. The van der Waals surface area contributed by atoms with Crippen molar-refractivity contribution in [2.24, 2.45) is 5.92 Å². The topological polar surface area (TPSA) is 57.6 Å². The van der Waals surface area contributed by atoms with Gasteiger partial charge in [0.05, 0.1) is 17.0 Å². The van der Waals surface area contributed by atoms with Crippen LogP contribution in [0.5, 0.6) is 0 Å². The van der Waals surface area contributed by atoms with Gasteiger partial charge in [0.1, 0.15) is 5.82 Å². The Hall–Kier alpha value is -1.62. The molecule has 1 saturated heterocycles. The maximum absolute atomic E-state index is 14.2. The van der Waals surface area contributed by atoms with Crippen LogP contribution in [-0.2, 0) is 9.59 Å². The summed E-state index contributed by atoms with van der Waals surface area (Å²) in [6.45, 7) is 0. The van der Waals surface area contributed by atoms with Crippen molar-refractivity contribution in [2.75, 3.05) is 7.05 Å². The normalized spacial score (nSPS) is 23.6. The minimum atomic E-state index is -1.03. The summed E-state index contributed by atoms with van der Waals surface area (Å²) in [4.78, 5) is 24.7. The van der Waals surface area contributed by atoms with E-state index in [0.29, 0.717) is 12.8 Å². The lowest BCUT2D eigenvalue weighted by molar-refractivity contribution is -0.145. The predicted octanol–water partition coefficient (Wildman–Crippen LogP) is 2.86. The van der Waals surface area contributed by atoms with E-state index in [4.69, 9.17) is 11.6 Å². The second-order valence-corrected chi connectivity index (χ2v) is 5.34. The Morgan fingerprint density at radius 3 is 2.85 bits per heavy atom. The third-order valence-electron chi connectivity index (χ3n) is 3.71. The molecule has 6 heteroatoms. The smallest absolute Gasteiger partial charge is 0.308 e. The molecule has 2 unspecified atom stereocenters. The standard InChI is InChI=1S/C14H15ClFNO3/c1-17-11(18)7-3-5-9(14(19)20)13(17)8-4-2-6-10(15)12(8)16/h2,4,6,9,13H,3,5,7H2,1H3,(H,19,20). The summed E-state index contributed by atoms with van der Waals surface area (Å²) in [7, 11) is 1.51. The Labute approximate surface area is 121 Å². The third-order valence-corrected chi connectivity index (χ3v) is 4.01. The minimum absolute atomic E-state index is 0.0725. The molecule has 1 aromatic carbocycles. The van der Waals surface area contributed by atoms with E-state index in [0.717, 1.165) is 0 Å². The van der Waals surface area contributed by atoms with E-state index >= 15 is 0 Å². The predicted molar refractivity (Wildman–Crippen MR) is 71.9 cm³/mol. The van der Waals surface area contributed by atoms with Gasteiger partial charge in [-0.3, -0.25) is 9.59 Å². The fourth-order valence-electron chi connectivity index (χ4n) is 2.67. The van der Waals surface area contributed by atoms with E-state index in [9.17, 15) is 19.1 Å². The number of carboxylic acid groups (broad SMARTS) is 1. The first kappa shape index (κ1) is 14.8. The molecule has 20 heavy (non-hydrogen) atoms. The van der Waals surface area contributed by atoms with Crippen molar-refractivity contribution in [1.29, 1.82) is 0 Å². The molecule has 0 spiro atoms. The summed E-state index contributed by atoms with van der Waals surface area (Å²) in [5.41, 5.74) is 0.155. The molecule has 2 atom stereocenters. The molecule has 0 bridgehead atoms. The summed E-state index contributed by atoms with van der Waals surface area (Å²) in [6.07, 6.45) is 1.10. The number of benzene rings is 1. The average Bonchev–Trinajstić information content (AvgIpc) is 2.54. The van der Waals surface area contributed by atoms with Gasteiger partial charge < -0.3 is 10.0 Å². The zero-order valence-corrected chi connectivity index (χ0v) is 11.7. The van der Waals surface area contributed by atoms with Gasteiger partial charge in [0, 0.05) is 19.0 Å². The number of likely N-dealkylation sites (tertiary alicyclic amines) is 1. The van der Waals surface area contributed by atoms with Crippen LogP contribution in [0.15, 0.2) is 18.2 Å². The van der Waals surface area contributed by atoms with Crippen LogP contribution in [0.25, 0.3) is 0 Å². The molecule has 1 aromatic rings. The molecule has 0 radical (unpaired) electrons. The number of hydrogen-bond acceptors (Lipinski definition) is 2. The van der Waals surface area contributed by atoms with Crippen LogP contribution in [0.1, 0.15) is 30.9 Å². The van der Waals surface area contributed by atoms with Gasteiger partial charge in [-0.1, -0.05) is 23.7 Å². The van der Waals surface area contributed by atoms with E-state index in [1.54, 1.807) is 6.07 Å². The second kappa shape index (κ2) is 5.79. The van der Waals surface area contributed by atoms with Crippen LogP contribution >= 0.6 is 11.6 Å². The lowest BCUT2D eigenvalue weighted by Crippen LogP contribution is -2.36. The van der Waals surface area contributed by atoms with Crippen molar-refractivity contribution < 1.29 is 19.1 Å². The number of nitrogens with zero attached hydrogens (tertiary/aromatic N) is 1. The first-order chi connectivity index (χ1) is 9.43. The van der Waals surface area contributed by atoms with E-state index in [1.807, 2.05) is 0 Å². The van der Waals surface area contributed by atoms with E-state index in [2.05, 4.69) is 0 Å². The first-order valence-corrected chi connectivity index (χ1v) is 6.73. The highest BCUT2D eigenvalue weighted by Gasteiger charge is 2.38. The molecule has 1 aliphatic rings. The number of hydrogen-bond donors (Lipinski definition) is 1. The molecule has 0 saturated carbocycles. The maximum Gasteiger partial charge on any atom is 0.308 e. The molecule has 2 rings (SSSR count). The molecule has 4 nitrogen and oxygen atoms in total. The maximum atomic E-state index is 14.2. The van der Waals surface area contributed by atoms with Gasteiger partial charge in [0.15, 0.2) is 0 Å². The lowest BCUT2D eigenvalue weighted by atomic mass is 9.89. The van der Waals surface area contributed by atoms with Gasteiger partial charge in [0.2, 0.25) is 5.91 Å². The van der Waals surface area contributed by atoms with Crippen LogP contribution in [0, 0.1) is 11.7 Å². The number of aliphatic carboxylic acids is 1. The Kier molecular flexibility index (Phi) is 4.28. The van der Waals surface area contributed by atoms with Crippen LogP contribution < -0.4 is 0 Å². The van der Waals surface area contributed by atoms with Gasteiger partial charge in [-0.25, -0.2) is 4.39 Å². The van der Waals surface area contributed by atoms with E-state index in [-0.39, 0.29) is 22.9 Å². The molecule has 1 N–H and O–H groups in total. The first-order valence-electron chi connectivity index (χ1n) is 6.36. The summed E-state index contributed by atoms with van der Waals surface area (Å²) in [5, 5.41) is 9.29. The van der Waals surface area contributed by atoms with Crippen molar-refractivity contribution in [3.05, 3.63) is 34.6 Å². The number of carbonyl (C=O) groups is 2. The summed E-state index contributed by atoms with van der Waals surface area (Å²) < 4.78 is 14.2. The Morgan fingerprint density at radius 2 is 2.20 bits per heavy atom. The van der Waals surface area contributed by atoms with Crippen molar-refractivity contribution in [3.63, 3.8) is 0 Å². The largest absolute Gasteiger partial charge is 0.481 e. The molecule has 1 aliphatic heterocycles. The fraction of sp³-hybridized carbons (Fsp3) is 0.429. The molecular weight excluding hydrogens is 285 g/mol. The quantitative estimate of drug-likeness (QED) is 0.913. The van der Waals surface area contributed by atoms with Crippen LogP contribution in [0.3, 0.4) is 0 Å². The number of amides is 1. The lowest BCUT2D eigenvalue weighted by Gasteiger charge is -2.31. The minimum Gasteiger partial charge on any atom is -0.481 e. The highest BCUT2D eigenvalue weighted by atomic mass is 35.5. The number of carboxylic acids is 1. The van der Waals surface area contributed by atoms with Crippen LogP contribution in [0.4, 0.5) is 4.39 Å². The van der Waals surface area contributed by atoms with Crippen molar-refractivity contribution >= 4 is 23.5 Å². The molecule has 1 amide bonds. The molecular formula is C14H15ClFNO3. The van der Waals surface area contributed by atoms with E-state index < -0.39 is 23.7 Å². The Bertz CT molecular complexity index is 549. The van der Waals surface area contributed by atoms with Crippen molar-refractivity contribution in [3.8, 4) is 0 Å². The molecule has 0 aromatic heterocycles. The van der Waals surface area contributed by atoms with Crippen molar-refractivity contribution in [2.45, 2.75) is 25.3 Å². The van der Waals surface area contributed by atoms with Gasteiger partial charge in [0.25, 0.3) is 0 Å².